The van der Waals surface area contributed by atoms with Crippen LogP contribution in [0.2, 0.25) is 5.28 Å². The second kappa shape index (κ2) is 7.86. The van der Waals surface area contributed by atoms with Crippen molar-refractivity contribution in [2.45, 2.75) is 32.1 Å². The van der Waals surface area contributed by atoms with Gasteiger partial charge in [-0.25, -0.2) is 14.4 Å². The number of oxazole rings is 1. The summed E-state index contributed by atoms with van der Waals surface area (Å²) < 4.78 is 25.1. The number of aromatic nitrogens is 3. The molecule has 0 aromatic carbocycles. The average Bonchev–Trinajstić information content (AvgIpc) is 3.40. The van der Waals surface area contributed by atoms with Crippen LogP contribution >= 0.6 is 22.9 Å². The zero-order valence-corrected chi connectivity index (χ0v) is 16.4. The van der Waals surface area contributed by atoms with Crippen molar-refractivity contribution in [2.75, 3.05) is 5.32 Å². The monoisotopic (exact) mass is 421 g/mol. The molecule has 2 unspecified atom stereocenters. The number of thiophene rings is 1. The number of anilines is 1. The zero-order valence-electron chi connectivity index (χ0n) is 14.9. The molecule has 0 aliphatic carbocycles. The van der Waals surface area contributed by atoms with Crippen LogP contribution in [-0.2, 0) is 13.0 Å². The summed E-state index contributed by atoms with van der Waals surface area (Å²) in [7, 11) is 0. The van der Waals surface area contributed by atoms with Crippen molar-refractivity contribution in [3.63, 3.8) is 0 Å². The van der Waals surface area contributed by atoms with E-state index in [-0.39, 0.29) is 11.7 Å². The molecule has 0 aliphatic heterocycles. The molecule has 4 heterocycles. The van der Waals surface area contributed by atoms with Gasteiger partial charge in [-0.1, -0.05) is 6.07 Å². The summed E-state index contributed by atoms with van der Waals surface area (Å²) in [6, 6.07) is 3.22. The normalized spacial score (nSPS) is 13.7. The highest BCUT2D eigenvalue weighted by Crippen LogP contribution is 2.37. The van der Waals surface area contributed by atoms with Crippen LogP contribution in [0, 0.1) is 0 Å². The second-order valence-corrected chi connectivity index (χ2v) is 7.61. The number of hydrogen-bond acceptors (Lipinski definition) is 8. The lowest BCUT2D eigenvalue weighted by Crippen LogP contribution is -2.31. The Morgan fingerprint density at radius 2 is 2.25 bits per heavy atom. The van der Waals surface area contributed by atoms with Crippen LogP contribution in [0.25, 0.3) is 22.6 Å². The number of nitrogens with two attached hydrogens (primary N) is 1. The van der Waals surface area contributed by atoms with E-state index >= 15 is 0 Å². The molecular formula is C18H17ClFN5O2S. The zero-order chi connectivity index (χ0) is 19.7. The van der Waals surface area contributed by atoms with Crippen LogP contribution in [-0.4, -0.2) is 27.2 Å². The highest BCUT2D eigenvalue weighted by atomic mass is 35.5. The van der Waals surface area contributed by atoms with Gasteiger partial charge in [-0.05, 0) is 30.0 Å². The molecule has 4 aromatic heterocycles. The third-order valence-corrected chi connectivity index (χ3v) is 5.29. The molecule has 146 valence electrons. The lowest BCUT2D eigenvalue weighted by Gasteiger charge is -2.11. The van der Waals surface area contributed by atoms with Crippen molar-refractivity contribution in [1.82, 2.24) is 15.0 Å². The molecule has 0 aliphatic rings. The molecule has 0 amide bonds. The Kier molecular flexibility index (Phi) is 5.29. The van der Waals surface area contributed by atoms with Gasteiger partial charge in [0.1, 0.15) is 29.3 Å². The molecule has 4 aromatic rings. The van der Waals surface area contributed by atoms with E-state index in [0.29, 0.717) is 40.7 Å². The SMILES string of the molecule is CC(F)C(N)Cc1oc2c(NCc3cccs3)nc(Cl)nc2c1-c1ncco1. The van der Waals surface area contributed by atoms with Crippen LogP contribution in [0.3, 0.4) is 0 Å². The predicted molar refractivity (Wildman–Crippen MR) is 106 cm³/mol. The summed E-state index contributed by atoms with van der Waals surface area (Å²) in [5.74, 6) is 1.15. The molecule has 0 saturated carbocycles. The molecule has 0 radical (unpaired) electrons. The maximum atomic E-state index is 13.7. The Morgan fingerprint density at radius 3 is 2.93 bits per heavy atom. The topological polar surface area (TPSA) is 103 Å². The Hall–Kier alpha value is -2.49. The second-order valence-electron chi connectivity index (χ2n) is 6.23. The molecule has 0 bridgehead atoms. The fourth-order valence-electron chi connectivity index (χ4n) is 2.79. The first-order chi connectivity index (χ1) is 13.5. The number of hydrogen-bond donors (Lipinski definition) is 2. The van der Waals surface area contributed by atoms with Gasteiger partial charge in [-0.15, -0.1) is 11.3 Å². The van der Waals surface area contributed by atoms with Crippen molar-refractivity contribution >= 4 is 39.9 Å². The summed E-state index contributed by atoms with van der Waals surface area (Å²) >= 11 is 7.76. The maximum absolute atomic E-state index is 13.7. The summed E-state index contributed by atoms with van der Waals surface area (Å²) in [6.07, 6.45) is 1.88. The number of nitrogens with one attached hydrogen (secondary N) is 1. The van der Waals surface area contributed by atoms with Crippen molar-refractivity contribution < 1.29 is 13.2 Å². The van der Waals surface area contributed by atoms with Gasteiger partial charge in [-0.3, -0.25) is 0 Å². The Morgan fingerprint density at radius 1 is 1.39 bits per heavy atom. The highest BCUT2D eigenvalue weighted by molar-refractivity contribution is 7.09. The van der Waals surface area contributed by atoms with Crippen LogP contribution in [0.15, 0.2) is 38.8 Å². The molecule has 4 rings (SSSR count). The van der Waals surface area contributed by atoms with E-state index in [1.165, 1.54) is 19.4 Å². The molecular weight excluding hydrogens is 405 g/mol. The smallest absolute Gasteiger partial charge is 0.231 e. The molecule has 7 nitrogen and oxygen atoms in total. The van der Waals surface area contributed by atoms with Crippen molar-refractivity contribution in [3.05, 3.63) is 45.9 Å². The minimum absolute atomic E-state index is 0.0458. The first kappa shape index (κ1) is 18.9. The largest absolute Gasteiger partial charge is 0.455 e. The minimum Gasteiger partial charge on any atom is -0.455 e. The Bertz CT molecular complexity index is 1070. The molecule has 10 heteroatoms. The maximum Gasteiger partial charge on any atom is 0.231 e. The van der Waals surface area contributed by atoms with E-state index in [1.807, 2.05) is 17.5 Å². The first-order valence-corrected chi connectivity index (χ1v) is 9.83. The van der Waals surface area contributed by atoms with Gasteiger partial charge in [0.25, 0.3) is 0 Å². The van der Waals surface area contributed by atoms with Crippen LogP contribution in [0.4, 0.5) is 10.2 Å². The molecule has 3 N–H and O–H groups in total. The van der Waals surface area contributed by atoms with Crippen LogP contribution < -0.4 is 11.1 Å². The lowest BCUT2D eigenvalue weighted by atomic mass is 10.1. The van der Waals surface area contributed by atoms with Crippen LogP contribution in [0.5, 0.6) is 0 Å². The van der Waals surface area contributed by atoms with Gasteiger partial charge >= 0.3 is 0 Å². The summed E-state index contributed by atoms with van der Waals surface area (Å²) in [4.78, 5) is 13.9. The quantitative estimate of drug-likeness (QED) is 0.425. The van der Waals surface area contributed by atoms with Gasteiger partial charge in [0.05, 0.1) is 12.7 Å². The fourth-order valence-corrected chi connectivity index (χ4v) is 3.60. The number of halogens is 2. The van der Waals surface area contributed by atoms with Gasteiger partial charge in [0, 0.05) is 17.3 Å². The molecule has 0 fully saturated rings. The number of furan rings is 1. The average molecular weight is 422 g/mol. The van der Waals surface area contributed by atoms with Crippen LogP contribution in [0.1, 0.15) is 17.6 Å². The summed E-state index contributed by atoms with van der Waals surface area (Å²) in [5, 5.41) is 5.25. The predicted octanol–water partition coefficient (Wildman–Crippen LogP) is 4.43. The first-order valence-electron chi connectivity index (χ1n) is 8.57. The third-order valence-electron chi connectivity index (χ3n) is 4.25. The number of fused-ring (bicyclic) bond motifs is 1. The molecule has 0 saturated heterocycles. The third kappa shape index (κ3) is 3.73. The number of alkyl halides is 1. The highest BCUT2D eigenvalue weighted by Gasteiger charge is 2.26. The van der Waals surface area contributed by atoms with Gasteiger partial charge in [0.15, 0.2) is 11.4 Å². The van der Waals surface area contributed by atoms with E-state index in [4.69, 9.17) is 26.2 Å². The fraction of sp³-hybridized carbons (Fsp3) is 0.278. The lowest BCUT2D eigenvalue weighted by molar-refractivity contribution is 0.296. The van der Waals surface area contributed by atoms with E-state index in [9.17, 15) is 4.39 Å². The standard InChI is InChI=1S/C18H17ClFN5O2S/c1-9(20)11(21)7-12-13(17-22-4-5-26-17)14-15(27-12)16(25-18(19)24-14)23-8-10-3-2-6-28-10/h2-6,9,11H,7-8,21H2,1H3,(H,23,24,25). The van der Waals surface area contributed by atoms with Crippen molar-refractivity contribution in [1.29, 1.82) is 0 Å². The van der Waals surface area contributed by atoms with E-state index in [0.717, 1.165) is 4.88 Å². The summed E-state index contributed by atoms with van der Waals surface area (Å²) in [5.41, 5.74) is 7.25. The van der Waals surface area contributed by atoms with Gasteiger partial charge in [-0.2, -0.15) is 4.98 Å². The van der Waals surface area contributed by atoms with Crippen molar-refractivity contribution in [2.24, 2.45) is 5.73 Å². The Balaban J connectivity index is 1.81. The number of nitrogens with zero attached hydrogens (tertiary/aromatic N) is 3. The van der Waals surface area contributed by atoms with E-state index in [1.54, 1.807) is 11.3 Å². The number of rotatable bonds is 7. The molecule has 0 spiro atoms. The minimum atomic E-state index is -1.21. The molecule has 28 heavy (non-hydrogen) atoms. The summed E-state index contributed by atoms with van der Waals surface area (Å²) in [6.45, 7) is 1.95. The molecule has 2 atom stereocenters. The van der Waals surface area contributed by atoms with E-state index in [2.05, 4.69) is 20.3 Å². The van der Waals surface area contributed by atoms with Gasteiger partial charge in [0.2, 0.25) is 11.2 Å². The Labute approximate surface area is 168 Å². The van der Waals surface area contributed by atoms with E-state index < -0.39 is 12.2 Å². The van der Waals surface area contributed by atoms with Crippen molar-refractivity contribution in [3.8, 4) is 11.5 Å². The van der Waals surface area contributed by atoms with Gasteiger partial charge < -0.3 is 19.9 Å².